The molecule has 106 valence electrons. The van der Waals surface area contributed by atoms with Gasteiger partial charge in [-0.2, -0.15) is 0 Å². The zero-order chi connectivity index (χ0) is 14.1. The predicted molar refractivity (Wildman–Crippen MR) is 89.1 cm³/mol. The molecule has 1 fully saturated rings. The van der Waals surface area contributed by atoms with Crippen molar-refractivity contribution < 1.29 is 0 Å². The SMILES string of the molecule is CNc1cccc(C2CC2)c1N(C)Cc1cc(C)cs1. The normalized spacial score (nSPS) is 14.3. The Morgan fingerprint density at radius 3 is 2.75 bits per heavy atom. The molecule has 0 unspecified atom stereocenters. The third-order valence-electron chi connectivity index (χ3n) is 3.91. The summed E-state index contributed by atoms with van der Waals surface area (Å²) in [6.07, 6.45) is 2.68. The molecule has 2 nitrogen and oxygen atoms in total. The average Bonchev–Trinajstić information content (AvgIpc) is 3.22. The smallest absolute Gasteiger partial charge is 0.0637 e. The van der Waals surface area contributed by atoms with Crippen LogP contribution in [-0.4, -0.2) is 14.1 Å². The number of nitrogens with one attached hydrogen (secondary N) is 1. The van der Waals surface area contributed by atoms with Gasteiger partial charge in [0, 0.05) is 19.0 Å². The van der Waals surface area contributed by atoms with Gasteiger partial charge in [0.15, 0.2) is 0 Å². The summed E-state index contributed by atoms with van der Waals surface area (Å²) < 4.78 is 0. The second-order valence-corrected chi connectivity index (χ2v) is 6.71. The Labute approximate surface area is 125 Å². The first-order chi connectivity index (χ1) is 9.69. The molecule has 0 bridgehead atoms. The van der Waals surface area contributed by atoms with E-state index >= 15 is 0 Å². The lowest BCUT2D eigenvalue weighted by molar-refractivity contribution is 0.921. The van der Waals surface area contributed by atoms with Crippen molar-refractivity contribution in [1.82, 2.24) is 0 Å². The Bertz CT molecular complexity index is 599. The maximum atomic E-state index is 3.35. The van der Waals surface area contributed by atoms with E-state index in [4.69, 9.17) is 0 Å². The van der Waals surface area contributed by atoms with E-state index in [0.717, 1.165) is 12.5 Å². The van der Waals surface area contributed by atoms with Gasteiger partial charge in [-0.25, -0.2) is 0 Å². The summed E-state index contributed by atoms with van der Waals surface area (Å²) in [7, 11) is 4.22. The first-order valence-corrected chi connectivity index (χ1v) is 8.13. The van der Waals surface area contributed by atoms with Gasteiger partial charge in [-0.15, -0.1) is 11.3 Å². The molecule has 1 heterocycles. The third kappa shape index (κ3) is 2.68. The van der Waals surface area contributed by atoms with E-state index in [0.29, 0.717) is 0 Å². The van der Waals surface area contributed by atoms with Crippen molar-refractivity contribution in [2.75, 3.05) is 24.3 Å². The Hall–Kier alpha value is -1.48. The van der Waals surface area contributed by atoms with Crippen LogP contribution in [-0.2, 0) is 6.54 Å². The molecule has 2 aromatic rings. The minimum Gasteiger partial charge on any atom is -0.386 e. The zero-order valence-corrected chi connectivity index (χ0v) is 13.3. The van der Waals surface area contributed by atoms with Crippen LogP contribution in [0.25, 0.3) is 0 Å². The lowest BCUT2D eigenvalue weighted by atomic mass is 10.1. The van der Waals surface area contributed by atoms with E-state index in [1.165, 1.54) is 40.2 Å². The molecule has 0 amide bonds. The van der Waals surface area contributed by atoms with Gasteiger partial charge in [0.1, 0.15) is 0 Å². The quantitative estimate of drug-likeness (QED) is 0.863. The summed E-state index contributed by atoms with van der Waals surface area (Å²) >= 11 is 1.85. The van der Waals surface area contributed by atoms with Crippen molar-refractivity contribution in [1.29, 1.82) is 0 Å². The molecule has 1 aliphatic carbocycles. The third-order valence-corrected chi connectivity index (χ3v) is 4.95. The maximum Gasteiger partial charge on any atom is 0.0637 e. The van der Waals surface area contributed by atoms with Crippen molar-refractivity contribution in [3.05, 3.63) is 45.6 Å². The summed E-state index contributed by atoms with van der Waals surface area (Å²) in [4.78, 5) is 3.82. The zero-order valence-electron chi connectivity index (χ0n) is 12.4. The molecule has 0 atom stereocenters. The molecule has 1 aromatic heterocycles. The number of rotatable bonds is 5. The highest BCUT2D eigenvalue weighted by molar-refractivity contribution is 7.10. The molecule has 3 rings (SSSR count). The molecule has 1 saturated carbocycles. The van der Waals surface area contributed by atoms with Gasteiger partial charge in [-0.05, 0) is 54.3 Å². The van der Waals surface area contributed by atoms with Gasteiger partial charge in [0.25, 0.3) is 0 Å². The second-order valence-electron chi connectivity index (χ2n) is 5.71. The molecular weight excluding hydrogens is 264 g/mol. The summed E-state index contributed by atoms with van der Waals surface area (Å²) in [5.41, 5.74) is 5.49. The van der Waals surface area contributed by atoms with E-state index < -0.39 is 0 Å². The van der Waals surface area contributed by atoms with Crippen LogP contribution in [0.15, 0.2) is 29.6 Å². The van der Waals surface area contributed by atoms with Crippen LogP contribution in [0.4, 0.5) is 11.4 Å². The maximum absolute atomic E-state index is 3.35. The van der Waals surface area contributed by atoms with Crippen LogP contribution in [0.2, 0.25) is 0 Å². The Kier molecular flexibility index (Phi) is 3.70. The summed E-state index contributed by atoms with van der Waals surface area (Å²) in [6, 6.07) is 8.94. The van der Waals surface area contributed by atoms with Crippen molar-refractivity contribution in [2.45, 2.75) is 32.2 Å². The minimum atomic E-state index is 0.769. The van der Waals surface area contributed by atoms with E-state index in [9.17, 15) is 0 Å². The topological polar surface area (TPSA) is 15.3 Å². The molecule has 0 spiro atoms. The number of anilines is 2. The van der Waals surface area contributed by atoms with Crippen LogP contribution in [0.1, 0.15) is 34.8 Å². The van der Waals surface area contributed by atoms with E-state index in [1.54, 1.807) is 0 Å². The van der Waals surface area contributed by atoms with Crippen molar-refractivity contribution in [3.8, 4) is 0 Å². The van der Waals surface area contributed by atoms with Crippen LogP contribution < -0.4 is 10.2 Å². The highest BCUT2D eigenvalue weighted by Crippen LogP contribution is 2.46. The number of nitrogens with zero attached hydrogens (tertiary/aromatic N) is 1. The monoisotopic (exact) mass is 286 g/mol. The largest absolute Gasteiger partial charge is 0.386 e. The van der Waals surface area contributed by atoms with Crippen molar-refractivity contribution >= 4 is 22.7 Å². The average molecular weight is 286 g/mol. The minimum absolute atomic E-state index is 0.769. The Balaban J connectivity index is 1.91. The van der Waals surface area contributed by atoms with Crippen LogP contribution in [0.5, 0.6) is 0 Å². The first-order valence-electron chi connectivity index (χ1n) is 7.25. The van der Waals surface area contributed by atoms with Gasteiger partial charge in [0.2, 0.25) is 0 Å². The number of hydrogen-bond donors (Lipinski definition) is 1. The van der Waals surface area contributed by atoms with Crippen LogP contribution >= 0.6 is 11.3 Å². The van der Waals surface area contributed by atoms with E-state index in [-0.39, 0.29) is 0 Å². The van der Waals surface area contributed by atoms with E-state index in [2.05, 4.69) is 53.8 Å². The molecule has 20 heavy (non-hydrogen) atoms. The van der Waals surface area contributed by atoms with Gasteiger partial charge < -0.3 is 10.2 Å². The standard InChI is InChI=1S/C17H22N2S/c1-12-9-14(20-11-12)10-19(3)17-15(13-7-8-13)5-4-6-16(17)18-2/h4-6,9,11,13,18H,7-8,10H2,1-3H3. The molecular formula is C17H22N2S. The van der Waals surface area contributed by atoms with Gasteiger partial charge in [-0.3, -0.25) is 0 Å². The number of thiophene rings is 1. The van der Waals surface area contributed by atoms with E-state index in [1.807, 2.05) is 18.4 Å². The Morgan fingerprint density at radius 1 is 1.35 bits per heavy atom. The first kappa shape index (κ1) is 13.5. The highest BCUT2D eigenvalue weighted by atomic mass is 32.1. The number of benzene rings is 1. The van der Waals surface area contributed by atoms with Crippen LogP contribution in [0, 0.1) is 6.92 Å². The predicted octanol–water partition coefficient (Wildman–Crippen LogP) is 4.61. The van der Waals surface area contributed by atoms with Crippen molar-refractivity contribution in [3.63, 3.8) is 0 Å². The molecule has 0 saturated heterocycles. The molecule has 1 aliphatic rings. The summed E-state index contributed by atoms with van der Waals surface area (Å²) in [5.74, 6) is 0.769. The lowest BCUT2D eigenvalue weighted by Crippen LogP contribution is -2.18. The summed E-state index contributed by atoms with van der Waals surface area (Å²) in [6.45, 7) is 3.15. The van der Waals surface area contributed by atoms with Gasteiger partial charge >= 0.3 is 0 Å². The number of hydrogen-bond acceptors (Lipinski definition) is 3. The fraction of sp³-hybridized carbons (Fsp3) is 0.412. The van der Waals surface area contributed by atoms with Crippen LogP contribution in [0.3, 0.4) is 0 Å². The molecule has 0 radical (unpaired) electrons. The summed E-state index contributed by atoms with van der Waals surface area (Å²) in [5, 5.41) is 5.58. The number of aryl methyl sites for hydroxylation is 1. The molecule has 1 aromatic carbocycles. The van der Waals surface area contributed by atoms with Crippen molar-refractivity contribution in [2.24, 2.45) is 0 Å². The lowest BCUT2D eigenvalue weighted by Gasteiger charge is -2.25. The molecule has 1 N–H and O–H groups in total. The highest BCUT2D eigenvalue weighted by Gasteiger charge is 2.28. The molecule has 3 heteroatoms. The fourth-order valence-electron chi connectivity index (χ4n) is 2.80. The second kappa shape index (κ2) is 5.49. The fourth-order valence-corrected chi connectivity index (χ4v) is 3.73. The van der Waals surface area contributed by atoms with Gasteiger partial charge in [-0.1, -0.05) is 12.1 Å². The Morgan fingerprint density at radius 2 is 2.15 bits per heavy atom. The number of para-hydroxylation sites is 1. The molecule has 0 aliphatic heterocycles. The van der Waals surface area contributed by atoms with Gasteiger partial charge in [0.05, 0.1) is 17.9 Å².